The van der Waals surface area contributed by atoms with Crippen molar-refractivity contribution in [3.63, 3.8) is 0 Å². The fourth-order valence-electron chi connectivity index (χ4n) is 2.92. The zero-order valence-electron chi connectivity index (χ0n) is 15.8. The Bertz CT molecular complexity index is 1060. The van der Waals surface area contributed by atoms with Gasteiger partial charge in [-0.25, -0.2) is 4.98 Å². The number of hydrogen-bond donors (Lipinski definition) is 1. The van der Waals surface area contributed by atoms with Crippen LogP contribution in [0, 0.1) is 0 Å². The molecular formula is C22H21N3O3S. The van der Waals surface area contributed by atoms with Crippen molar-refractivity contribution in [3.05, 3.63) is 78.8 Å². The number of thioether (sulfide) groups is 1. The highest BCUT2D eigenvalue weighted by Crippen LogP contribution is 2.24. The molecule has 0 radical (unpaired) electrons. The molecule has 0 saturated heterocycles. The smallest absolute Gasteiger partial charge is 0.240 e. The molecule has 4 rings (SSSR count). The lowest BCUT2D eigenvalue weighted by molar-refractivity contribution is -0.122. The number of fused-ring (bicyclic) bond motifs is 1. The highest BCUT2D eigenvalue weighted by molar-refractivity contribution is 7.99. The Balaban J connectivity index is 1.40. The van der Waals surface area contributed by atoms with Gasteiger partial charge in [0.1, 0.15) is 18.1 Å². The Morgan fingerprint density at radius 2 is 1.90 bits per heavy atom. The van der Waals surface area contributed by atoms with Gasteiger partial charge in [0.25, 0.3) is 0 Å². The molecule has 1 amide bonds. The van der Waals surface area contributed by atoms with Gasteiger partial charge in [-0.2, -0.15) is 0 Å². The van der Waals surface area contributed by atoms with Crippen molar-refractivity contribution >= 4 is 28.7 Å². The van der Waals surface area contributed by atoms with Crippen LogP contribution in [-0.4, -0.2) is 27.8 Å². The largest absolute Gasteiger partial charge is 0.493 e. The van der Waals surface area contributed by atoms with Crippen molar-refractivity contribution in [3.8, 4) is 5.75 Å². The van der Waals surface area contributed by atoms with Gasteiger partial charge in [-0.05, 0) is 36.4 Å². The highest BCUT2D eigenvalue weighted by Gasteiger charge is 2.14. The number of aromatic nitrogens is 2. The molecule has 2 aromatic heterocycles. The van der Waals surface area contributed by atoms with Gasteiger partial charge in [-0.15, -0.1) is 0 Å². The molecule has 6 nitrogen and oxygen atoms in total. The molecule has 0 unspecified atom stereocenters. The number of hydrogen-bond acceptors (Lipinski definition) is 5. The van der Waals surface area contributed by atoms with E-state index in [9.17, 15) is 4.79 Å². The maximum absolute atomic E-state index is 12.5. The number of imidazole rings is 1. The van der Waals surface area contributed by atoms with Gasteiger partial charge in [0.15, 0.2) is 5.16 Å². The molecule has 2 aromatic carbocycles. The lowest BCUT2D eigenvalue weighted by Crippen LogP contribution is -2.27. The van der Waals surface area contributed by atoms with Crippen LogP contribution in [-0.2, 0) is 17.9 Å². The number of furan rings is 1. The quantitative estimate of drug-likeness (QED) is 0.334. The van der Waals surface area contributed by atoms with Gasteiger partial charge in [-0.3, -0.25) is 4.79 Å². The summed E-state index contributed by atoms with van der Waals surface area (Å²) in [6, 6.07) is 21.2. The lowest BCUT2D eigenvalue weighted by Gasteiger charge is -2.10. The van der Waals surface area contributed by atoms with Gasteiger partial charge < -0.3 is 19.0 Å². The molecule has 0 bridgehead atoms. The first-order chi connectivity index (χ1) is 14.3. The molecule has 0 saturated carbocycles. The lowest BCUT2D eigenvalue weighted by atomic mass is 10.3. The van der Waals surface area contributed by atoms with Crippen molar-refractivity contribution in [2.45, 2.75) is 18.2 Å². The van der Waals surface area contributed by atoms with Crippen LogP contribution in [0.1, 0.15) is 5.76 Å². The summed E-state index contributed by atoms with van der Waals surface area (Å²) in [6.45, 7) is 1.12. The van der Waals surface area contributed by atoms with Gasteiger partial charge >= 0.3 is 0 Å². The molecule has 0 aliphatic carbocycles. The molecule has 0 atom stereocenters. The van der Waals surface area contributed by atoms with Gasteiger partial charge in [-0.1, -0.05) is 42.1 Å². The third-order valence-corrected chi connectivity index (χ3v) is 5.23. The number of amides is 1. The van der Waals surface area contributed by atoms with Crippen LogP contribution >= 0.6 is 11.8 Å². The van der Waals surface area contributed by atoms with E-state index in [-0.39, 0.29) is 12.5 Å². The van der Waals surface area contributed by atoms with Crippen LogP contribution in [0.25, 0.3) is 11.0 Å². The number of benzene rings is 2. The summed E-state index contributed by atoms with van der Waals surface area (Å²) in [5.41, 5.74) is 1.81. The summed E-state index contributed by atoms with van der Waals surface area (Å²) in [5, 5.41) is 3.69. The van der Waals surface area contributed by atoms with Crippen LogP contribution in [0.15, 0.2) is 82.6 Å². The van der Waals surface area contributed by atoms with E-state index in [2.05, 4.69) is 5.32 Å². The first-order valence-corrected chi connectivity index (χ1v) is 10.3. The Hall–Kier alpha value is -3.19. The molecule has 2 heterocycles. The van der Waals surface area contributed by atoms with E-state index < -0.39 is 0 Å². The summed E-state index contributed by atoms with van der Waals surface area (Å²) in [7, 11) is 0. The van der Waals surface area contributed by atoms with Crippen LogP contribution in [0.5, 0.6) is 5.75 Å². The number of rotatable bonds is 9. The van der Waals surface area contributed by atoms with E-state index in [0.717, 1.165) is 33.5 Å². The third kappa shape index (κ3) is 5.00. The number of nitrogens with zero attached hydrogens (tertiary/aromatic N) is 2. The Kier molecular flexibility index (Phi) is 6.16. The Labute approximate surface area is 172 Å². The van der Waals surface area contributed by atoms with Crippen LogP contribution in [0.2, 0.25) is 0 Å². The Morgan fingerprint density at radius 3 is 2.72 bits per heavy atom. The van der Waals surface area contributed by atoms with Crippen LogP contribution in [0.3, 0.4) is 0 Å². The molecular weight excluding hydrogens is 386 g/mol. The highest BCUT2D eigenvalue weighted by atomic mass is 32.2. The van der Waals surface area contributed by atoms with E-state index in [4.69, 9.17) is 14.1 Å². The van der Waals surface area contributed by atoms with Crippen LogP contribution in [0.4, 0.5) is 0 Å². The summed E-state index contributed by atoms with van der Waals surface area (Å²) in [5.74, 6) is 2.21. The molecule has 7 heteroatoms. The molecule has 0 aliphatic rings. The first-order valence-electron chi connectivity index (χ1n) is 9.34. The second-order valence-electron chi connectivity index (χ2n) is 6.34. The second-order valence-corrected chi connectivity index (χ2v) is 7.40. The topological polar surface area (TPSA) is 69.3 Å². The molecule has 148 valence electrons. The molecule has 0 spiro atoms. The molecule has 1 N–H and O–H groups in total. The summed E-state index contributed by atoms with van der Waals surface area (Å²) >= 11 is 1.58. The number of para-hydroxylation sites is 3. The van der Waals surface area contributed by atoms with Gasteiger partial charge in [0.2, 0.25) is 5.91 Å². The van der Waals surface area contributed by atoms with Crippen molar-refractivity contribution in [1.29, 1.82) is 0 Å². The number of ether oxygens (including phenoxy) is 1. The van der Waals surface area contributed by atoms with E-state index in [1.807, 2.05) is 65.2 Å². The van der Waals surface area contributed by atoms with Crippen molar-refractivity contribution in [2.24, 2.45) is 0 Å². The third-order valence-electron chi connectivity index (χ3n) is 4.29. The average molecular weight is 407 g/mol. The Morgan fingerprint density at radius 1 is 1.07 bits per heavy atom. The van der Waals surface area contributed by atoms with E-state index in [1.165, 1.54) is 0 Å². The summed E-state index contributed by atoms with van der Waals surface area (Å²) in [4.78, 5) is 17.2. The predicted molar refractivity (Wildman–Crippen MR) is 113 cm³/mol. The number of carbonyl (C=O) groups excluding carboxylic acids is 1. The SMILES string of the molecule is O=C(Cn1c(SCCOc2ccccc2)nc2ccccc21)NCc1ccco1. The molecule has 4 aromatic rings. The zero-order chi connectivity index (χ0) is 19.9. The maximum Gasteiger partial charge on any atom is 0.240 e. The fourth-order valence-corrected chi connectivity index (χ4v) is 3.75. The van der Waals surface area contributed by atoms with Crippen LogP contribution < -0.4 is 10.1 Å². The first kappa shape index (κ1) is 19.1. The average Bonchev–Trinajstić information content (AvgIpc) is 3.39. The van der Waals surface area contributed by atoms with E-state index >= 15 is 0 Å². The van der Waals surface area contributed by atoms with Crippen molar-refractivity contribution in [2.75, 3.05) is 12.4 Å². The minimum Gasteiger partial charge on any atom is -0.493 e. The van der Waals surface area contributed by atoms with Crippen molar-refractivity contribution in [1.82, 2.24) is 14.9 Å². The van der Waals surface area contributed by atoms with Gasteiger partial charge in [0.05, 0.1) is 30.4 Å². The summed E-state index contributed by atoms with van der Waals surface area (Å²) < 4.78 is 13.0. The summed E-state index contributed by atoms with van der Waals surface area (Å²) in [6.07, 6.45) is 1.59. The monoisotopic (exact) mass is 407 g/mol. The number of carbonyl (C=O) groups is 1. The second kappa shape index (κ2) is 9.34. The predicted octanol–water partition coefficient (Wildman–Crippen LogP) is 4.12. The zero-order valence-corrected chi connectivity index (χ0v) is 16.6. The van der Waals surface area contributed by atoms with E-state index in [1.54, 1.807) is 24.1 Å². The molecule has 29 heavy (non-hydrogen) atoms. The van der Waals surface area contributed by atoms with Gasteiger partial charge in [0, 0.05) is 5.75 Å². The van der Waals surface area contributed by atoms with E-state index in [0.29, 0.717) is 13.2 Å². The fraction of sp³-hybridized carbons (Fsp3) is 0.182. The molecule has 0 aliphatic heterocycles. The number of nitrogens with one attached hydrogen (secondary N) is 1. The minimum absolute atomic E-state index is 0.0908. The minimum atomic E-state index is -0.0908. The standard InChI is InChI=1S/C22H21N3O3S/c26-21(23-15-18-9-6-12-27-18)16-25-20-11-5-4-10-19(20)24-22(25)29-14-13-28-17-7-2-1-3-8-17/h1-12H,13-16H2,(H,23,26). The normalized spacial score (nSPS) is 10.9. The van der Waals surface area contributed by atoms with Crippen molar-refractivity contribution < 1.29 is 13.9 Å². The maximum atomic E-state index is 12.5. The molecule has 0 fully saturated rings.